The smallest absolute Gasteiger partial charge is 0.242 e. The first-order valence-corrected chi connectivity index (χ1v) is 9.67. The summed E-state index contributed by atoms with van der Waals surface area (Å²) < 4.78 is 11.0. The van der Waals surface area contributed by atoms with Gasteiger partial charge in [-0.1, -0.05) is 30.3 Å². The van der Waals surface area contributed by atoms with Crippen LogP contribution in [0.3, 0.4) is 0 Å². The number of ether oxygens (including phenoxy) is 1. The van der Waals surface area contributed by atoms with Crippen LogP contribution in [-0.4, -0.2) is 38.1 Å². The third-order valence-corrected chi connectivity index (χ3v) is 4.02. The van der Waals surface area contributed by atoms with Gasteiger partial charge in [0.2, 0.25) is 5.91 Å². The average molecular weight is 386 g/mol. The molecule has 0 aliphatic heterocycles. The lowest BCUT2D eigenvalue weighted by molar-refractivity contribution is -0.119. The third kappa shape index (κ3) is 8.26. The Kier molecular flexibility index (Phi) is 9.65. The van der Waals surface area contributed by atoms with E-state index >= 15 is 0 Å². The lowest BCUT2D eigenvalue weighted by Gasteiger charge is -2.14. The van der Waals surface area contributed by atoms with Gasteiger partial charge >= 0.3 is 0 Å². The molecule has 1 amide bonds. The largest absolute Gasteiger partial charge is 0.467 e. The van der Waals surface area contributed by atoms with Crippen molar-refractivity contribution in [2.75, 3.05) is 26.2 Å². The van der Waals surface area contributed by atoms with Gasteiger partial charge in [0.25, 0.3) is 0 Å². The highest BCUT2D eigenvalue weighted by Gasteiger charge is 2.05. The molecule has 0 radical (unpaired) electrons. The molecule has 0 fully saturated rings. The van der Waals surface area contributed by atoms with Gasteiger partial charge in [-0.25, -0.2) is 4.99 Å². The predicted molar refractivity (Wildman–Crippen MR) is 110 cm³/mol. The molecule has 2 rings (SSSR count). The van der Waals surface area contributed by atoms with Crippen LogP contribution in [0.15, 0.2) is 58.1 Å². The van der Waals surface area contributed by atoms with E-state index in [1.807, 2.05) is 31.2 Å². The Labute approximate surface area is 166 Å². The molecule has 7 heteroatoms. The fourth-order valence-electron chi connectivity index (χ4n) is 2.51. The summed E-state index contributed by atoms with van der Waals surface area (Å²) in [6.07, 6.45) is 2.49. The van der Waals surface area contributed by atoms with Crippen molar-refractivity contribution in [3.8, 4) is 0 Å². The molecule has 1 atom stereocenters. The summed E-state index contributed by atoms with van der Waals surface area (Å²) in [7, 11) is 0. The zero-order valence-electron chi connectivity index (χ0n) is 16.6. The lowest BCUT2D eigenvalue weighted by Crippen LogP contribution is -2.39. The molecule has 0 saturated carbocycles. The summed E-state index contributed by atoms with van der Waals surface area (Å²) >= 11 is 0. The topological polar surface area (TPSA) is 87.9 Å². The van der Waals surface area contributed by atoms with Crippen molar-refractivity contribution >= 4 is 11.9 Å². The Morgan fingerprint density at radius 3 is 2.68 bits per heavy atom. The average Bonchev–Trinajstić information content (AvgIpc) is 3.24. The molecule has 1 aromatic heterocycles. The normalized spacial score (nSPS) is 12.4. The lowest BCUT2D eigenvalue weighted by atomic mass is 10.1. The van der Waals surface area contributed by atoms with Crippen LogP contribution < -0.4 is 16.0 Å². The number of amides is 1. The standard InChI is InChI=1S/C21H30N4O3/c1-3-22-21(25-16-20(26)24-15-19-11-7-13-28-19)23-12-8-14-27-17(2)18-9-5-4-6-10-18/h4-7,9-11,13,17H,3,8,12,14-16H2,1-2H3,(H,24,26)(H2,22,23,25). The second-order valence-corrected chi connectivity index (χ2v) is 6.26. The minimum atomic E-state index is -0.159. The zero-order chi connectivity index (χ0) is 20.0. The third-order valence-electron chi connectivity index (χ3n) is 4.02. The minimum Gasteiger partial charge on any atom is -0.467 e. The van der Waals surface area contributed by atoms with E-state index in [-0.39, 0.29) is 18.6 Å². The summed E-state index contributed by atoms with van der Waals surface area (Å²) in [5, 5.41) is 9.12. The fourth-order valence-corrected chi connectivity index (χ4v) is 2.51. The second-order valence-electron chi connectivity index (χ2n) is 6.26. The fraction of sp³-hybridized carbons (Fsp3) is 0.429. The van der Waals surface area contributed by atoms with Crippen molar-refractivity contribution in [1.82, 2.24) is 16.0 Å². The van der Waals surface area contributed by atoms with Crippen LogP contribution in [0.2, 0.25) is 0 Å². The van der Waals surface area contributed by atoms with Gasteiger partial charge in [0.15, 0.2) is 5.96 Å². The quantitative estimate of drug-likeness (QED) is 0.314. The Morgan fingerprint density at radius 2 is 1.96 bits per heavy atom. The Morgan fingerprint density at radius 1 is 1.14 bits per heavy atom. The van der Waals surface area contributed by atoms with Crippen molar-refractivity contribution in [2.24, 2.45) is 4.99 Å². The summed E-state index contributed by atoms with van der Waals surface area (Å²) in [4.78, 5) is 16.2. The molecule has 0 spiro atoms. The first kappa shape index (κ1) is 21.5. The van der Waals surface area contributed by atoms with Gasteiger partial charge in [-0.15, -0.1) is 0 Å². The van der Waals surface area contributed by atoms with Crippen molar-refractivity contribution in [2.45, 2.75) is 32.9 Å². The molecule has 0 aliphatic carbocycles. The molecule has 3 N–H and O–H groups in total. The maximum Gasteiger partial charge on any atom is 0.242 e. The van der Waals surface area contributed by atoms with Crippen molar-refractivity contribution in [1.29, 1.82) is 0 Å². The summed E-state index contributed by atoms with van der Waals surface area (Å²) in [6, 6.07) is 13.8. The van der Waals surface area contributed by atoms with E-state index < -0.39 is 0 Å². The molecule has 1 heterocycles. The maximum absolute atomic E-state index is 11.9. The number of furan rings is 1. The van der Waals surface area contributed by atoms with Gasteiger partial charge in [0, 0.05) is 19.7 Å². The Bertz CT molecular complexity index is 702. The second kappa shape index (κ2) is 12.6. The number of carbonyl (C=O) groups excluding carboxylic acids is 1. The number of hydrogen-bond donors (Lipinski definition) is 3. The zero-order valence-corrected chi connectivity index (χ0v) is 16.6. The molecule has 0 bridgehead atoms. The molecular weight excluding hydrogens is 356 g/mol. The monoisotopic (exact) mass is 386 g/mol. The van der Waals surface area contributed by atoms with Crippen molar-refractivity contribution < 1.29 is 13.9 Å². The predicted octanol–water partition coefficient (Wildman–Crippen LogP) is 2.62. The van der Waals surface area contributed by atoms with E-state index in [1.165, 1.54) is 5.56 Å². The van der Waals surface area contributed by atoms with E-state index in [9.17, 15) is 4.79 Å². The van der Waals surface area contributed by atoms with Gasteiger partial charge in [-0.3, -0.25) is 4.79 Å². The van der Waals surface area contributed by atoms with Crippen LogP contribution in [0.4, 0.5) is 0 Å². The number of carbonyl (C=O) groups is 1. The highest BCUT2D eigenvalue weighted by Crippen LogP contribution is 2.15. The van der Waals surface area contributed by atoms with Crippen LogP contribution in [-0.2, 0) is 16.1 Å². The van der Waals surface area contributed by atoms with Crippen LogP contribution in [0, 0.1) is 0 Å². The Hall–Kier alpha value is -2.80. The van der Waals surface area contributed by atoms with Crippen LogP contribution in [0.25, 0.3) is 0 Å². The number of guanidine groups is 1. The summed E-state index contributed by atoms with van der Waals surface area (Å²) in [6.45, 7) is 6.53. The van der Waals surface area contributed by atoms with E-state index in [0.717, 1.165) is 13.0 Å². The van der Waals surface area contributed by atoms with E-state index in [2.05, 4.69) is 40.0 Å². The van der Waals surface area contributed by atoms with Gasteiger partial charge in [0.05, 0.1) is 18.9 Å². The van der Waals surface area contributed by atoms with Crippen molar-refractivity contribution in [3.63, 3.8) is 0 Å². The molecule has 0 saturated heterocycles. The minimum absolute atomic E-state index is 0.0532. The van der Waals surface area contributed by atoms with Gasteiger partial charge in [0.1, 0.15) is 12.3 Å². The van der Waals surface area contributed by atoms with Gasteiger partial charge < -0.3 is 25.1 Å². The number of rotatable bonds is 11. The first-order valence-electron chi connectivity index (χ1n) is 9.67. The highest BCUT2D eigenvalue weighted by atomic mass is 16.5. The molecule has 28 heavy (non-hydrogen) atoms. The molecule has 2 aromatic rings. The van der Waals surface area contributed by atoms with Crippen LogP contribution in [0.5, 0.6) is 0 Å². The highest BCUT2D eigenvalue weighted by molar-refractivity contribution is 5.84. The Balaban J connectivity index is 1.64. The summed E-state index contributed by atoms with van der Waals surface area (Å²) in [5.74, 6) is 1.17. The molecule has 1 aromatic carbocycles. The number of hydrogen-bond acceptors (Lipinski definition) is 4. The van der Waals surface area contributed by atoms with Gasteiger partial charge in [-0.05, 0) is 38.0 Å². The molecular formula is C21H30N4O3. The van der Waals surface area contributed by atoms with E-state index in [4.69, 9.17) is 9.15 Å². The number of nitrogens with one attached hydrogen (secondary N) is 3. The van der Waals surface area contributed by atoms with E-state index in [1.54, 1.807) is 12.3 Å². The van der Waals surface area contributed by atoms with E-state index in [0.29, 0.717) is 31.4 Å². The van der Waals surface area contributed by atoms with Crippen LogP contribution in [0.1, 0.15) is 37.7 Å². The maximum atomic E-state index is 11.9. The number of benzene rings is 1. The first-order chi connectivity index (χ1) is 13.7. The van der Waals surface area contributed by atoms with Gasteiger partial charge in [-0.2, -0.15) is 0 Å². The van der Waals surface area contributed by atoms with Crippen LogP contribution >= 0.6 is 0 Å². The summed E-state index contributed by atoms with van der Waals surface area (Å²) in [5.41, 5.74) is 1.17. The SMILES string of the molecule is CCNC(=NCC(=O)NCc1ccco1)NCCCOC(C)c1ccccc1. The number of aliphatic imine (C=N–C) groups is 1. The molecule has 7 nitrogen and oxygen atoms in total. The molecule has 0 aliphatic rings. The number of nitrogens with zero attached hydrogens (tertiary/aromatic N) is 1. The molecule has 1 unspecified atom stereocenters. The molecule has 152 valence electrons. The van der Waals surface area contributed by atoms with Crippen molar-refractivity contribution in [3.05, 3.63) is 60.1 Å².